The Kier molecular flexibility index (Phi) is 6.59. The summed E-state index contributed by atoms with van der Waals surface area (Å²) >= 11 is 12.0. The fraction of sp³-hybridized carbons (Fsp3) is 0.136. The quantitative estimate of drug-likeness (QED) is 0.510. The number of nitrogens with zero attached hydrogens (tertiary/aromatic N) is 1. The van der Waals surface area contributed by atoms with E-state index in [2.05, 4.69) is 10.3 Å². The SMILES string of the molecule is Cc1cc(Cl)ccc1Oc1ncc(Cl)cc1C(=O)N[C@@H](C)c1ccccc1C(=O)O. The molecular formula is C22H18Cl2N2O4. The lowest BCUT2D eigenvalue weighted by atomic mass is 10.0. The highest BCUT2D eigenvalue weighted by molar-refractivity contribution is 6.31. The normalized spacial score (nSPS) is 11.6. The number of benzene rings is 2. The maximum atomic E-state index is 13.0. The fourth-order valence-electron chi connectivity index (χ4n) is 2.92. The Bertz CT molecular complexity index is 1120. The zero-order valence-electron chi connectivity index (χ0n) is 16.1. The number of carboxylic acid groups (broad SMARTS) is 1. The van der Waals surface area contributed by atoms with Gasteiger partial charge < -0.3 is 15.2 Å². The van der Waals surface area contributed by atoms with E-state index in [9.17, 15) is 14.7 Å². The van der Waals surface area contributed by atoms with E-state index >= 15 is 0 Å². The molecule has 30 heavy (non-hydrogen) atoms. The predicted octanol–water partition coefficient (Wildman–Crippen LogP) is 5.68. The van der Waals surface area contributed by atoms with E-state index in [1.165, 1.54) is 18.3 Å². The van der Waals surface area contributed by atoms with Gasteiger partial charge in [0.05, 0.1) is 16.6 Å². The van der Waals surface area contributed by atoms with Crippen LogP contribution in [0.1, 0.15) is 44.8 Å². The van der Waals surface area contributed by atoms with E-state index in [0.717, 1.165) is 5.56 Å². The first-order valence-electron chi connectivity index (χ1n) is 8.99. The summed E-state index contributed by atoms with van der Waals surface area (Å²) in [4.78, 5) is 28.6. The highest BCUT2D eigenvalue weighted by Gasteiger charge is 2.21. The number of nitrogens with one attached hydrogen (secondary N) is 1. The molecule has 154 valence electrons. The van der Waals surface area contributed by atoms with Crippen LogP contribution in [0.15, 0.2) is 54.7 Å². The van der Waals surface area contributed by atoms with Crippen molar-refractivity contribution in [2.24, 2.45) is 0 Å². The molecule has 3 aromatic rings. The lowest BCUT2D eigenvalue weighted by Crippen LogP contribution is -2.28. The minimum Gasteiger partial charge on any atom is -0.478 e. The van der Waals surface area contributed by atoms with Gasteiger partial charge in [0.1, 0.15) is 11.3 Å². The van der Waals surface area contributed by atoms with Gasteiger partial charge in [-0.1, -0.05) is 41.4 Å². The van der Waals surface area contributed by atoms with Crippen molar-refractivity contribution in [1.82, 2.24) is 10.3 Å². The fourth-order valence-corrected chi connectivity index (χ4v) is 3.31. The molecule has 0 saturated heterocycles. The summed E-state index contributed by atoms with van der Waals surface area (Å²) in [6.45, 7) is 3.52. The van der Waals surface area contributed by atoms with Crippen molar-refractivity contribution in [3.05, 3.63) is 87.0 Å². The molecular weight excluding hydrogens is 427 g/mol. The zero-order valence-corrected chi connectivity index (χ0v) is 17.7. The van der Waals surface area contributed by atoms with Gasteiger partial charge in [-0.05, 0) is 55.3 Å². The number of carbonyl (C=O) groups excluding carboxylic acids is 1. The van der Waals surface area contributed by atoms with Crippen LogP contribution in [0.2, 0.25) is 10.0 Å². The molecule has 1 amide bonds. The number of aromatic carboxylic acids is 1. The second-order valence-electron chi connectivity index (χ2n) is 6.61. The summed E-state index contributed by atoms with van der Waals surface area (Å²) in [6, 6.07) is 12.4. The number of hydrogen-bond donors (Lipinski definition) is 2. The van der Waals surface area contributed by atoms with Crippen molar-refractivity contribution < 1.29 is 19.4 Å². The summed E-state index contributed by atoms with van der Waals surface area (Å²) in [6.07, 6.45) is 1.38. The standard InChI is InChI=1S/C22H18Cl2N2O4/c1-12-9-14(23)7-8-19(12)30-21-18(10-15(24)11-25-21)20(27)26-13(2)16-5-3-4-6-17(16)22(28)29/h3-11,13H,1-2H3,(H,26,27)(H,28,29)/t13-/m0/s1. The van der Waals surface area contributed by atoms with Crippen molar-refractivity contribution in [2.45, 2.75) is 19.9 Å². The van der Waals surface area contributed by atoms with E-state index in [-0.39, 0.29) is 22.0 Å². The van der Waals surface area contributed by atoms with Crippen LogP contribution in [-0.4, -0.2) is 22.0 Å². The highest BCUT2D eigenvalue weighted by Crippen LogP contribution is 2.30. The smallest absolute Gasteiger partial charge is 0.336 e. The Morgan fingerprint density at radius 3 is 2.50 bits per heavy atom. The number of amides is 1. The maximum Gasteiger partial charge on any atom is 0.336 e. The van der Waals surface area contributed by atoms with Gasteiger partial charge in [-0.25, -0.2) is 9.78 Å². The molecule has 0 unspecified atom stereocenters. The van der Waals surface area contributed by atoms with Crippen LogP contribution in [0.3, 0.4) is 0 Å². The molecule has 3 rings (SSSR count). The number of aryl methyl sites for hydroxylation is 1. The number of aromatic nitrogens is 1. The van der Waals surface area contributed by atoms with Crippen molar-refractivity contribution >= 4 is 35.1 Å². The topological polar surface area (TPSA) is 88.5 Å². The molecule has 0 bridgehead atoms. The third-order valence-corrected chi connectivity index (χ3v) is 4.85. The molecule has 1 heterocycles. The molecule has 0 saturated carbocycles. The third kappa shape index (κ3) is 4.90. The molecule has 0 aliphatic carbocycles. The Hall–Kier alpha value is -3.09. The van der Waals surface area contributed by atoms with E-state index in [4.69, 9.17) is 27.9 Å². The van der Waals surface area contributed by atoms with Gasteiger partial charge in [-0.2, -0.15) is 0 Å². The lowest BCUT2D eigenvalue weighted by molar-refractivity contribution is 0.0693. The Morgan fingerprint density at radius 1 is 1.07 bits per heavy atom. The van der Waals surface area contributed by atoms with Crippen molar-refractivity contribution in [3.8, 4) is 11.6 Å². The molecule has 0 radical (unpaired) electrons. The van der Waals surface area contributed by atoms with Crippen molar-refractivity contribution in [2.75, 3.05) is 0 Å². The number of carboxylic acids is 1. The van der Waals surface area contributed by atoms with E-state index in [1.807, 2.05) is 6.92 Å². The summed E-state index contributed by atoms with van der Waals surface area (Å²) in [5, 5.41) is 13.0. The van der Waals surface area contributed by atoms with Gasteiger partial charge >= 0.3 is 5.97 Å². The minimum absolute atomic E-state index is 0.0704. The first-order chi connectivity index (χ1) is 14.3. The average molecular weight is 445 g/mol. The number of hydrogen-bond acceptors (Lipinski definition) is 4. The van der Waals surface area contributed by atoms with E-state index in [1.54, 1.807) is 43.3 Å². The van der Waals surface area contributed by atoms with Gasteiger partial charge in [-0.3, -0.25) is 4.79 Å². The number of rotatable bonds is 6. The Balaban J connectivity index is 1.89. The van der Waals surface area contributed by atoms with Crippen LogP contribution >= 0.6 is 23.2 Å². The van der Waals surface area contributed by atoms with Crippen LogP contribution in [0.4, 0.5) is 0 Å². The third-order valence-electron chi connectivity index (χ3n) is 4.41. The maximum absolute atomic E-state index is 13.0. The summed E-state index contributed by atoms with van der Waals surface area (Å²) in [5.41, 5.74) is 1.48. The summed E-state index contributed by atoms with van der Waals surface area (Å²) < 4.78 is 5.84. The largest absolute Gasteiger partial charge is 0.478 e. The van der Waals surface area contributed by atoms with Crippen LogP contribution in [0, 0.1) is 6.92 Å². The second kappa shape index (κ2) is 9.15. The second-order valence-corrected chi connectivity index (χ2v) is 7.48. The molecule has 2 N–H and O–H groups in total. The van der Waals surface area contributed by atoms with Gasteiger partial charge in [0.2, 0.25) is 5.88 Å². The summed E-state index contributed by atoms with van der Waals surface area (Å²) in [5.74, 6) is -1.01. The van der Waals surface area contributed by atoms with Crippen LogP contribution in [0.5, 0.6) is 11.6 Å². The van der Waals surface area contributed by atoms with Crippen molar-refractivity contribution in [3.63, 3.8) is 0 Å². The van der Waals surface area contributed by atoms with Crippen LogP contribution < -0.4 is 10.1 Å². The summed E-state index contributed by atoms with van der Waals surface area (Å²) in [7, 11) is 0. The van der Waals surface area contributed by atoms with Crippen LogP contribution in [0.25, 0.3) is 0 Å². The molecule has 8 heteroatoms. The monoisotopic (exact) mass is 444 g/mol. The molecule has 0 aliphatic rings. The Labute approximate surface area is 183 Å². The molecule has 2 aromatic carbocycles. The molecule has 1 atom stereocenters. The van der Waals surface area contributed by atoms with E-state index < -0.39 is 17.9 Å². The number of ether oxygens (including phenoxy) is 1. The first kappa shape index (κ1) is 21.6. The first-order valence-corrected chi connectivity index (χ1v) is 9.74. The average Bonchev–Trinajstić information content (AvgIpc) is 2.71. The van der Waals surface area contributed by atoms with Gasteiger partial charge in [-0.15, -0.1) is 0 Å². The van der Waals surface area contributed by atoms with Crippen LogP contribution in [-0.2, 0) is 0 Å². The van der Waals surface area contributed by atoms with Crippen molar-refractivity contribution in [1.29, 1.82) is 0 Å². The number of pyridine rings is 1. The van der Waals surface area contributed by atoms with Gasteiger partial charge in [0, 0.05) is 11.2 Å². The van der Waals surface area contributed by atoms with Gasteiger partial charge in [0.15, 0.2) is 0 Å². The highest BCUT2D eigenvalue weighted by atomic mass is 35.5. The Morgan fingerprint density at radius 2 is 1.80 bits per heavy atom. The minimum atomic E-state index is -1.07. The molecule has 0 spiro atoms. The predicted molar refractivity (Wildman–Crippen MR) is 115 cm³/mol. The molecule has 6 nitrogen and oxygen atoms in total. The molecule has 1 aromatic heterocycles. The zero-order chi connectivity index (χ0) is 21.8. The van der Waals surface area contributed by atoms with E-state index in [0.29, 0.717) is 16.3 Å². The number of carbonyl (C=O) groups is 2. The molecule has 0 aliphatic heterocycles. The number of halogens is 2. The molecule has 0 fully saturated rings. The van der Waals surface area contributed by atoms with Gasteiger partial charge in [0.25, 0.3) is 5.91 Å². The lowest BCUT2D eigenvalue weighted by Gasteiger charge is -2.18.